The van der Waals surface area contributed by atoms with Gasteiger partial charge < -0.3 is 19.8 Å². The van der Waals surface area contributed by atoms with Gasteiger partial charge in [0.2, 0.25) is 5.91 Å². The molecule has 0 atom stereocenters. The van der Waals surface area contributed by atoms with Gasteiger partial charge in [-0.05, 0) is 42.0 Å². The minimum absolute atomic E-state index is 0.106. The fraction of sp³-hybridized carbons (Fsp3) is 0.130. The van der Waals surface area contributed by atoms with Crippen molar-refractivity contribution in [3.8, 4) is 22.9 Å². The fourth-order valence-corrected chi connectivity index (χ4v) is 3.46. The third-order valence-electron chi connectivity index (χ3n) is 4.82. The number of rotatable bonds is 4. The summed E-state index contributed by atoms with van der Waals surface area (Å²) in [6.07, 6.45) is 0.241. The molecule has 0 aliphatic carbocycles. The molecule has 1 aliphatic heterocycles. The second-order valence-electron chi connectivity index (χ2n) is 6.85. The molecule has 6 nitrogen and oxygen atoms in total. The van der Waals surface area contributed by atoms with Gasteiger partial charge in [-0.2, -0.15) is 0 Å². The largest absolute Gasteiger partial charge is 0.486 e. The van der Waals surface area contributed by atoms with E-state index in [9.17, 15) is 4.79 Å². The number of aromatic nitrogens is 2. The monoisotopic (exact) mass is 385 g/mol. The molecule has 0 saturated carbocycles. The third-order valence-corrected chi connectivity index (χ3v) is 4.82. The number of para-hydroxylation sites is 3. The molecule has 0 saturated heterocycles. The summed E-state index contributed by atoms with van der Waals surface area (Å²) in [6.45, 7) is 1.07. The number of hydrogen-bond acceptors (Lipinski definition) is 4. The Kier molecular flexibility index (Phi) is 4.37. The van der Waals surface area contributed by atoms with Gasteiger partial charge in [-0.3, -0.25) is 4.79 Å². The molecule has 0 unspecified atom stereocenters. The first-order valence-electron chi connectivity index (χ1n) is 9.49. The van der Waals surface area contributed by atoms with Crippen molar-refractivity contribution in [3.63, 3.8) is 0 Å². The van der Waals surface area contributed by atoms with Crippen molar-refractivity contribution in [2.45, 2.75) is 6.42 Å². The number of H-pyrrole nitrogens is 1. The van der Waals surface area contributed by atoms with Crippen molar-refractivity contribution in [2.75, 3.05) is 18.5 Å². The Balaban J connectivity index is 1.37. The number of amides is 1. The third kappa shape index (κ3) is 3.52. The molecule has 0 bridgehead atoms. The number of ether oxygens (including phenoxy) is 2. The van der Waals surface area contributed by atoms with E-state index >= 15 is 0 Å². The molecule has 1 aromatic heterocycles. The lowest BCUT2D eigenvalue weighted by Gasteiger charge is -2.18. The van der Waals surface area contributed by atoms with Gasteiger partial charge in [0.1, 0.15) is 19.0 Å². The molecular weight excluding hydrogens is 366 g/mol. The highest BCUT2D eigenvalue weighted by atomic mass is 16.6. The van der Waals surface area contributed by atoms with Crippen LogP contribution in [0.4, 0.5) is 5.69 Å². The number of anilines is 1. The van der Waals surface area contributed by atoms with Gasteiger partial charge in [0.05, 0.1) is 23.1 Å². The number of nitrogens with zero attached hydrogens (tertiary/aromatic N) is 1. The highest BCUT2D eigenvalue weighted by molar-refractivity contribution is 5.96. The van der Waals surface area contributed by atoms with E-state index in [1.54, 1.807) is 0 Å². The molecule has 0 fully saturated rings. The van der Waals surface area contributed by atoms with Crippen molar-refractivity contribution in [2.24, 2.45) is 0 Å². The van der Waals surface area contributed by atoms with Crippen molar-refractivity contribution < 1.29 is 14.3 Å². The summed E-state index contributed by atoms with van der Waals surface area (Å²) < 4.78 is 11.1. The predicted octanol–water partition coefficient (Wildman–Crippen LogP) is 4.18. The molecule has 2 heterocycles. The molecule has 6 heteroatoms. The summed E-state index contributed by atoms with van der Waals surface area (Å²) in [5.41, 5.74) is 4.28. The SMILES string of the molecule is O=C(Cc1ccc2c(c1)OCCO2)Nc1ccccc1-c1nc2ccccc2[nH]1. The molecule has 5 rings (SSSR count). The molecule has 1 amide bonds. The summed E-state index contributed by atoms with van der Waals surface area (Å²) in [7, 11) is 0. The van der Waals surface area contributed by atoms with Gasteiger partial charge in [0.25, 0.3) is 0 Å². The number of aromatic amines is 1. The first-order chi connectivity index (χ1) is 14.3. The van der Waals surface area contributed by atoms with Crippen molar-refractivity contribution in [3.05, 3.63) is 72.3 Å². The molecule has 3 aromatic carbocycles. The minimum Gasteiger partial charge on any atom is -0.486 e. The highest BCUT2D eigenvalue weighted by Gasteiger charge is 2.15. The van der Waals surface area contributed by atoms with E-state index in [0.29, 0.717) is 24.7 Å². The van der Waals surface area contributed by atoms with Crippen molar-refractivity contribution >= 4 is 22.6 Å². The van der Waals surface area contributed by atoms with E-state index in [-0.39, 0.29) is 12.3 Å². The average Bonchev–Trinajstić information content (AvgIpc) is 3.18. The normalized spacial score (nSPS) is 12.7. The molecule has 0 spiro atoms. The van der Waals surface area contributed by atoms with Gasteiger partial charge >= 0.3 is 0 Å². The van der Waals surface area contributed by atoms with Crippen LogP contribution < -0.4 is 14.8 Å². The lowest BCUT2D eigenvalue weighted by molar-refractivity contribution is -0.115. The lowest BCUT2D eigenvalue weighted by Crippen LogP contribution is -2.17. The molecule has 0 radical (unpaired) electrons. The zero-order chi connectivity index (χ0) is 19.6. The number of carbonyl (C=O) groups is 1. The minimum atomic E-state index is -0.106. The Hall–Kier alpha value is -3.80. The number of fused-ring (bicyclic) bond motifs is 2. The van der Waals surface area contributed by atoms with E-state index < -0.39 is 0 Å². The number of imidazole rings is 1. The van der Waals surface area contributed by atoms with Crippen LogP contribution in [-0.2, 0) is 11.2 Å². The van der Waals surface area contributed by atoms with Gasteiger partial charge in [0, 0.05) is 5.56 Å². The van der Waals surface area contributed by atoms with Crippen LogP contribution in [0.3, 0.4) is 0 Å². The lowest BCUT2D eigenvalue weighted by atomic mass is 10.1. The Morgan fingerprint density at radius 3 is 2.66 bits per heavy atom. The molecule has 144 valence electrons. The maximum Gasteiger partial charge on any atom is 0.228 e. The Morgan fingerprint density at radius 2 is 1.76 bits per heavy atom. The van der Waals surface area contributed by atoms with Crippen LogP contribution in [0.15, 0.2) is 66.7 Å². The molecule has 4 aromatic rings. The summed E-state index contributed by atoms with van der Waals surface area (Å²) in [5.74, 6) is 2.02. The van der Waals surface area contributed by atoms with Crippen LogP contribution in [0.1, 0.15) is 5.56 Å². The number of carbonyl (C=O) groups excluding carboxylic acids is 1. The maximum atomic E-state index is 12.7. The molecule has 29 heavy (non-hydrogen) atoms. The van der Waals surface area contributed by atoms with Crippen molar-refractivity contribution in [1.29, 1.82) is 0 Å². The summed E-state index contributed by atoms with van der Waals surface area (Å²) >= 11 is 0. The summed E-state index contributed by atoms with van der Waals surface area (Å²) in [6, 6.07) is 21.1. The summed E-state index contributed by atoms with van der Waals surface area (Å²) in [5, 5.41) is 3.01. The van der Waals surface area contributed by atoms with Crippen LogP contribution in [-0.4, -0.2) is 29.1 Å². The number of benzene rings is 3. The first kappa shape index (κ1) is 17.3. The Bertz CT molecular complexity index is 1170. The zero-order valence-corrected chi connectivity index (χ0v) is 15.6. The van der Waals surface area contributed by atoms with E-state index in [2.05, 4.69) is 15.3 Å². The number of hydrogen-bond donors (Lipinski definition) is 2. The zero-order valence-electron chi connectivity index (χ0n) is 15.6. The summed E-state index contributed by atoms with van der Waals surface area (Å²) in [4.78, 5) is 20.7. The van der Waals surface area contributed by atoms with Gasteiger partial charge in [0.15, 0.2) is 11.5 Å². The molecular formula is C23H19N3O3. The standard InChI is InChI=1S/C23H19N3O3/c27-22(14-15-9-10-20-21(13-15)29-12-11-28-20)24-17-6-2-1-5-16(17)23-25-18-7-3-4-8-19(18)26-23/h1-10,13H,11-12,14H2,(H,24,27)(H,25,26). The quantitative estimate of drug-likeness (QED) is 0.552. The topological polar surface area (TPSA) is 76.2 Å². The fourth-order valence-electron chi connectivity index (χ4n) is 3.46. The van der Waals surface area contributed by atoms with Crippen LogP contribution in [0.5, 0.6) is 11.5 Å². The van der Waals surface area contributed by atoms with E-state index in [1.165, 1.54) is 0 Å². The van der Waals surface area contributed by atoms with E-state index in [0.717, 1.165) is 33.7 Å². The predicted molar refractivity (Wildman–Crippen MR) is 111 cm³/mol. The van der Waals surface area contributed by atoms with Gasteiger partial charge in [-0.25, -0.2) is 4.98 Å². The Labute approximate surface area is 167 Å². The van der Waals surface area contributed by atoms with Crippen LogP contribution in [0, 0.1) is 0 Å². The van der Waals surface area contributed by atoms with Crippen LogP contribution in [0.2, 0.25) is 0 Å². The molecule has 1 aliphatic rings. The van der Waals surface area contributed by atoms with Crippen molar-refractivity contribution in [1.82, 2.24) is 9.97 Å². The van der Waals surface area contributed by atoms with Gasteiger partial charge in [-0.1, -0.05) is 30.3 Å². The smallest absolute Gasteiger partial charge is 0.228 e. The van der Waals surface area contributed by atoms with Gasteiger partial charge in [-0.15, -0.1) is 0 Å². The first-order valence-corrected chi connectivity index (χ1v) is 9.49. The highest BCUT2D eigenvalue weighted by Crippen LogP contribution is 2.31. The average molecular weight is 385 g/mol. The Morgan fingerprint density at radius 1 is 0.966 bits per heavy atom. The maximum absolute atomic E-state index is 12.7. The number of nitrogens with one attached hydrogen (secondary N) is 2. The van der Waals surface area contributed by atoms with E-state index in [1.807, 2.05) is 66.7 Å². The second-order valence-corrected chi connectivity index (χ2v) is 6.85. The van der Waals surface area contributed by atoms with Crippen LogP contribution in [0.25, 0.3) is 22.4 Å². The van der Waals surface area contributed by atoms with Crippen LogP contribution >= 0.6 is 0 Å². The van der Waals surface area contributed by atoms with E-state index in [4.69, 9.17) is 9.47 Å². The molecule has 2 N–H and O–H groups in total. The second kappa shape index (κ2) is 7.31.